The highest BCUT2D eigenvalue weighted by Gasteiger charge is 2.39. The molecule has 2 amide bonds. The SMILES string of the molecule is CN(C)CCN(C)C(=O)CN1CCN(C(=O)c2cc(C(F)(F)F)cc(C(F)(F)F)c2)[C@H](Cc2c[nH]c3ccccc23)C1. The second-order valence-corrected chi connectivity index (χ2v) is 10.9. The molecule has 2 heterocycles. The van der Waals surface area contributed by atoms with Crippen LogP contribution in [0.5, 0.6) is 0 Å². The largest absolute Gasteiger partial charge is 0.416 e. The average molecular weight is 598 g/mol. The molecule has 13 heteroatoms. The van der Waals surface area contributed by atoms with Gasteiger partial charge in [0.05, 0.1) is 17.7 Å². The van der Waals surface area contributed by atoms with Crippen molar-refractivity contribution < 1.29 is 35.9 Å². The van der Waals surface area contributed by atoms with Crippen LogP contribution in [0.25, 0.3) is 10.9 Å². The van der Waals surface area contributed by atoms with Crippen molar-refractivity contribution in [1.29, 1.82) is 0 Å². The van der Waals surface area contributed by atoms with E-state index in [1.54, 1.807) is 18.1 Å². The fraction of sp³-hybridized carbons (Fsp3) is 0.448. The number of para-hydroxylation sites is 1. The fourth-order valence-corrected chi connectivity index (χ4v) is 5.09. The standard InChI is InChI=1S/C29H33F6N5O2/c1-37(2)8-9-38(3)26(41)18-39-10-11-40(23(17-39)14-20-16-36-25-7-5-4-6-24(20)25)27(42)19-12-21(28(30,31)32)15-22(13-19)29(33,34)35/h4-7,12-13,15-16,23,36H,8-11,14,17-18H2,1-3H3/t23-/m1/s1. The number of H-pyrrole nitrogens is 1. The first-order chi connectivity index (χ1) is 19.6. The van der Waals surface area contributed by atoms with Gasteiger partial charge in [0.15, 0.2) is 0 Å². The van der Waals surface area contributed by atoms with Gasteiger partial charge in [0.2, 0.25) is 5.91 Å². The van der Waals surface area contributed by atoms with Gasteiger partial charge in [0.1, 0.15) is 0 Å². The number of nitrogens with one attached hydrogen (secondary N) is 1. The summed E-state index contributed by atoms with van der Waals surface area (Å²) in [5, 5.41) is 0.889. The number of aromatic amines is 1. The lowest BCUT2D eigenvalue weighted by atomic mass is 9.98. The molecule has 1 saturated heterocycles. The Bertz CT molecular complexity index is 1390. The molecule has 1 aromatic heterocycles. The predicted molar refractivity (Wildman–Crippen MR) is 146 cm³/mol. The number of carbonyl (C=O) groups excluding carboxylic acids is 2. The minimum atomic E-state index is -5.07. The number of likely N-dealkylation sites (N-methyl/N-ethyl adjacent to an activating group) is 2. The summed E-state index contributed by atoms with van der Waals surface area (Å²) < 4.78 is 81.1. The molecule has 1 aliphatic heterocycles. The summed E-state index contributed by atoms with van der Waals surface area (Å²) in [5.41, 5.74) is -2.08. The first-order valence-electron chi connectivity index (χ1n) is 13.4. The van der Waals surface area contributed by atoms with Gasteiger partial charge in [-0.1, -0.05) is 18.2 Å². The highest BCUT2D eigenvalue weighted by atomic mass is 19.4. The number of aromatic nitrogens is 1. The van der Waals surface area contributed by atoms with Crippen LogP contribution in [-0.4, -0.2) is 103 Å². The zero-order valence-corrected chi connectivity index (χ0v) is 23.5. The Hall–Kier alpha value is -3.58. The van der Waals surface area contributed by atoms with E-state index in [2.05, 4.69) is 4.98 Å². The number of alkyl halides is 6. The van der Waals surface area contributed by atoms with Crippen LogP contribution < -0.4 is 0 Å². The van der Waals surface area contributed by atoms with Gasteiger partial charge in [-0.15, -0.1) is 0 Å². The van der Waals surface area contributed by atoms with E-state index in [9.17, 15) is 35.9 Å². The maximum Gasteiger partial charge on any atom is 0.416 e. The number of hydrogen-bond donors (Lipinski definition) is 1. The molecule has 3 aromatic rings. The van der Waals surface area contributed by atoms with Crippen molar-refractivity contribution in [3.05, 3.63) is 70.9 Å². The number of benzene rings is 2. The molecule has 4 rings (SSSR count). The van der Waals surface area contributed by atoms with E-state index in [1.807, 2.05) is 48.2 Å². The van der Waals surface area contributed by atoms with Crippen LogP contribution in [-0.2, 0) is 23.6 Å². The number of halogens is 6. The monoisotopic (exact) mass is 597 g/mol. The number of hydrogen-bond acceptors (Lipinski definition) is 4. The third kappa shape index (κ3) is 7.43. The van der Waals surface area contributed by atoms with Crippen LogP contribution in [0.2, 0.25) is 0 Å². The van der Waals surface area contributed by atoms with E-state index < -0.39 is 41.0 Å². The third-order valence-corrected chi connectivity index (χ3v) is 7.46. The molecule has 0 saturated carbocycles. The highest BCUT2D eigenvalue weighted by Crippen LogP contribution is 2.37. The first kappa shape index (κ1) is 31.4. The van der Waals surface area contributed by atoms with Crippen molar-refractivity contribution in [2.45, 2.75) is 24.8 Å². The Labute approximate surface area is 239 Å². The van der Waals surface area contributed by atoms with Gasteiger partial charge in [0, 0.05) is 68.5 Å². The topological polar surface area (TPSA) is 62.9 Å². The van der Waals surface area contributed by atoms with Crippen molar-refractivity contribution in [1.82, 2.24) is 24.6 Å². The molecular weight excluding hydrogens is 564 g/mol. The molecule has 42 heavy (non-hydrogen) atoms. The second-order valence-electron chi connectivity index (χ2n) is 10.9. The van der Waals surface area contributed by atoms with E-state index in [0.717, 1.165) is 16.5 Å². The molecule has 2 aromatic carbocycles. The van der Waals surface area contributed by atoms with Crippen molar-refractivity contribution in [3.8, 4) is 0 Å². The lowest BCUT2D eigenvalue weighted by Crippen LogP contribution is -2.57. The lowest BCUT2D eigenvalue weighted by molar-refractivity contribution is -0.143. The second kappa shape index (κ2) is 12.3. The first-order valence-corrected chi connectivity index (χ1v) is 13.4. The molecule has 0 bridgehead atoms. The fourth-order valence-electron chi connectivity index (χ4n) is 5.09. The van der Waals surface area contributed by atoms with E-state index in [4.69, 9.17) is 0 Å². The van der Waals surface area contributed by atoms with Crippen molar-refractivity contribution in [3.63, 3.8) is 0 Å². The Kier molecular flexibility index (Phi) is 9.21. The summed E-state index contributed by atoms with van der Waals surface area (Å²) in [4.78, 5) is 36.4. The number of rotatable bonds is 8. The quantitative estimate of drug-likeness (QED) is 0.386. The van der Waals surface area contributed by atoms with E-state index in [1.165, 1.54) is 4.90 Å². The number of fused-ring (bicyclic) bond motifs is 1. The maximum absolute atomic E-state index is 13.6. The molecule has 1 aliphatic rings. The van der Waals surface area contributed by atoms with Gasteiger partial charge in [-0.05, 0) is 50.3 Å². The van der Waals surface area contributed by atoms with Gasteiger partial charge in [-0.2, -0.15) is 26.3 Å². The maximum atomic E-state index is 13.6. The third-order valence-electron chi connectivity index (χ3n) is 7.46. The van der Waals surface area contributed by atoms with Crippen LogP contribution >= 0.6 is 0 Å². The Morgan fingerprint density at radius 3 is 2.19 bits per heavy atom. The Balaban J connectivity index is 1.63. The molecule has 0 spiro atoms. The average Bonchev–Trinajstić information content (AvgIpc) is 3.33. The van der Waals surface area contributed by atoms with Gasteiger partial charge in [0.25, 0.3) is 5.91 Å². The van der Waals surface area contributed by atoms with E-state index >= 15 is 0 Å². The summed E-state index contributed by atoms with van der Waals surface area (Å²) in [6.07, 6.45) is -8.09. The summed E-state index contributed by atoms with van der Waals surface area (Å²) in [5.74, 6) is -1.05. The zero-order chi connectivity index (χ0) is 30.8. The molecule has 228 valence electrons. The zero-order valence-electron chi connectivity index (χ0n) is 23.5. The molecule has 0 aliphatic carbocycles. The van der Waals surface area contributed by atoms with Crippen LogP contribution in [0, 0.1) is 0 Å². The minimum absolute atomic E-state index is 0.0105. The molecule has 1 N–H and O–H groups in total. The Morgan fingerprint density at radius 1 is 0.929 bits per heavy atom. The highest BCUT2D eigenvalue weighted by molar-refractivity contribution is 5.95. The van der Waals surface area contributed by atoms with E-state index in [-0.39, 0.29) is 44.6 Å². The molecule has 7 nitrogen and oxygen atoms in total. The molecule has 0 radical (unpaired) electrons. The molecule has 1 fully saturated rings. The summed E-state index contributed by atoms with van der Waals surface area (Å²) in [6.45, 7) is 1.72. The summed E-state index contributed by atoms with van der Waals surface area (Å²) in [7, 11) is 5.48. The van der Waals surface area contributed by atoms with E-state index in [0.29, 0.717) is 25.2 Å². The Morgan fingerprint density at radius 2 is 1.57 bits per heavy atom. The summed E-state index contributed by atoms with van der Waals surface area (Å²) in [6, 6.07) is 7.79. The van der Waals surface area contributed by atoms with Crippen LogP contribution in [0.1, 0.15) is 27.0 Å². The van der Waals surface area contributed by atoms with Gasteiger partial charge >= 0.3 is 12.4 Å². The van der Waals surface area contributed by atoms with Crippen LogP contribution in [0.15, 0.2) is 48.7 Å². The predicted octanol–water partition coefficient (Wildman–Crippen LogP) is 4.59. The molecular formula is C29H33F6N5O2. The smallest absolute Gasteiger partial charge is 0.361 e. The number of piperazine rings is 1. The van der Waals surface area contributed by atoms with Gasteiger partial charge < -0.3 is 19.7 Å². The van der Waals surface area contributed by atoms with Crippen molar-refractivity contribution in [2.24, 2.45) is 0 Å². The number of carbonyl (C=O) groups is 2. The van der Waals surface area contributed by atoms with Gasteiger partial charge in [-0.25, -0.2) is 0 Å². The normalized spacial score (nSPS) is 16.8. The lowest BCUT2D eigenvalue weighted by Gasteiger charge is -2.42. The van der Waals surface area contributed by atoms with Crippen LogP contribution in [0.3, 0.4) is 0 Å². The van der Waals surface area contributed by atoms with Crippen molar-refractivity contribution >= 4 is 22.7 Å². The molecule has 1 atom stereocenters. The molecule has 0 unspecified atom stereocenters. The number of amides is 2. The van der Waals surface area contributed by atoms with Gasteiger partial charge in [-0.3, -0.25) is 14.5 Å². The summed E-state index contributed by atoms with van der Waals surface area (Å²) >= 11 is 0. The van der Waals surface area contributed by atoms with Crippen LogP contribution in [0.4, 0.5) is 26.3 Å². The van der Waals surface area contributed by atoms with Crippen molar-refractivity contribution in [2.75, 3.05) is 60.4 Å². The minimum Gasteiger partial charge on any atom is -0.361 e. The number of nitrogens with zero attached hydrogens (tertiary/aromatic N) is 4.